The van der Waals surface area contributed by atoms with Gasteiger partial charge in [-0.3, -0.25) is 9.59 Å². The van der Waals surface area contributed by atoms with E-state index in [0.29, 0.717) is 50.4 Å². The number of nitrogens with zero attached hydrogens (tertiary/aromatic N) is 3. The van der Waals surface area contributed by atoms with Gasteiger partial charge in [0.2, 0.25) is 5.82 Å². The van der Waals surface area contributed by atoms with Crippen LogP contribution in [0.2, 0.25) is 0 Å². The van der Waals surface area contributed by atoms with Crippen LogP contribution in [0.4, 0.5) is 5.69 Å². The molecule has 0 saturated carbocycles. The highest BCUT2D eigenvalue weighted by atomic mass is 79.9. The fourth-order valence-electron chi connectivity index (χ4n) is 4.71. The molecule has 0 radical (unpaired) electrons. The number of aryl methyl sites for hydroxylation is 1. The van der Waals surface area contributed by atoms with Crippen molar-refractivity contribution in [1.29, 1.82) is 0 Å². The van der Waals surface area contributed by atoms with Crippen molar-refractivity contribution in [3.8, 4) is 23.1 Å². The van der Waals surface area contributed by atoms with Crippen molar-refractivity contribution in [2.75, 3.05) is 18.5 Å². The second-order valence-electron chi connectivity index (χ2n) is 9.88. The molecular weight excluding hydrogens is 624 g/mol. The zero-order valence-corrected chi connectivity index (χ0v) is 25.5. The number of fused-ring (bicyclic) bond motifs is 2. The van der Waals surface area contributed by atoms with E-state index in [2.05, 4.69) is 26.3 Å². The number of nitrogens with one attached hydrogen (secondary N) is 1. The number of furan rings is 1. The molecule has 6 aromatic rings. The van der Waals surface area contributed by atoms with Crippen LogP contribution in [0.15, 0.2) is 110 Å². The predicted molar refractivity (Wildman–Crippen MR) is 175 cm³/mol. The lowest BCUT2D eigenvalue weighted by Gasteiger charge is -2.15. The Morgan fingerprint density at radius 2 is 1.80 bits per heavy atom. The fraction of sp³-hybridized carbons (Fsp3) is 0.118. The van der Waals surface area contributed by atoms with E-state index in [0.717, 1.165) is 16.6 Å². The van der Waals surface area contributed by atoms with Crippen molar-refractivity contribution in [1.82, 2.24) is 9.66 Å². The molecule has 2 heterocycles. The first-order valence-corrected chi connectivity index (χ1v) is 14.7. The van der Waals surface area contributed by atoms with E-state index < -0.39 is 0 Å². The normalized spacial score (nSPS) is 11.3. The number of hydrogen-bond donors (Lipinski definition) is 1. The SMILES string of the molecule is CCOc1cc(C=Nn2c(-c3cc4ccccc4o3)nc3ccccc3c2=O)cc(Br)c1OCC(=O)Nc1ccccc1C. The van der Waals surface area contributed by atoms with Gasteiger partial charge in [-0.25, -0.2) is 4.98 Å². The Kier molecular flexibility index (Phi) is 8.25. The van der Waals surface area contributed by atoms with Crippen LogP contribution >= 0.6 is 15.9 Å². The van der Waals surface area contributed by atoms with Crippen LogP contribution in [-0.4, -0.2) is 35.0 Å². The largest absolute Gasteiger partial charge is 0.490 e. The quantitative estimate of drug-likeness (QED) is 0.166. The van der Waals surface area contributed by atoms with E-state index in [-0.39, 0.29) is 23.9 Å². The van der Waals surface area contributed by atoms with Crippen LogP contribution < -0.4 is 20.3 Å². The number of benzene rings is 4. The van der Waals surface area contributed by atoms with Crippen molar-refractivity contribution in [2.45, 2.75) is 13.8 Å². The van der Waals surface area contributed by atoms with Crippen molar-refractivity contribution < 1.29 is 18.7 Å². The second-order valence-corrected chi connectivity index (χ2v) is 10.7. The topological polar surface area (TPSA) is 108 Å². The minimum atomic E-state index is -0.342. The first kappa shape index (κ1) is 28.9. The summed E-state index contributed by atoms with van der Waals surface area (Å²) in [4.78, 5) is 31.0. The van der Waals surface area contributed by atoms with E-state index in [1.54, 1.807) is 30.3 Å². The monoisotopic (exact) mass is 650 g/mol. The third-order valence-electron chi connectivity index (χ3n) is 6.82. The summed E-state index contributed by atoms with van der Waals surface area (Å²) >= 11 is 3.55. The Labute approximate surface area is 260 Å². The summed E-state index contributed by atoms with van der Waals surface area (Å²) in [6.07, 6.45) is 1.53. The van der Waals surface area contributed by atoms with E-state index in [1.165, 1.54) is 10.9 Å². The Hall–Kier alpha value is -5.22. The summed E-state index contributed by atoms with van der Waals surface area (Å²) in [5.41, 5.74) is 3.16. The minimum absolute atomic E-state index is 0.223. The van der Waals surface area contributed by atoms with Crippen LogP contribution in [0.1, 0.15) is 18.1 Å². The number of aromatic nitrogens is 2. The fourth-order valence-corrected chi connectivity index (χ4v) is 5.28. The van der Waals surface area contributed by atoms with Crippen LogP contribution in [0.5, 0.6) is 11.5 Å². The zero-order chi connectivity index (χ0) is 30.6. The standard InChI is InChI=1S/C34H27BrN4O5/c1-3-42-29-17-22(16-25(35)32(29)43-20-31(40)37-26-13-7-4-10-21(26)2)19-36-39-33(30-18-23-11-5-9-15-28(23)44-30)38-27-14-8-6-12-24(27)34(39)41/h4-19H,3,20H2,1-2H3,(H,37,40). The highest BCUT2D eigenvalue weighted by Gasteiger charge is 2.18. The van der Waals surface area contributed by atoms with Crippen LogP contribution in [0.25, 0.3) is 33.5 Å². The highest BCUT2D eigenvalue weighted by molar-refractivity contribution is 9.10. The van der Waals surface area contributed by atoms with Crippen molar-refractivity contribution in [2.24, 2.45) is 5.10 Å². The van der Waals surface area contributed by atoms with E-state index >= 15 is 0 Å². The molecule has 0 aliphatic rings. The lowest BCUT2D eigenvalue weighted by molar-refractivity contribution is -0.118. The molecule has 0 atom stereocenters. The predicted octanol–water partition coefficient (Wildman–Crippen LogP) is 7.18. The number of anilines is 1. The zero-order valence-electron chi connectivity index (χ0n) is 23.9. The van der Waals surface area contributed by atoms with Crippen molar-refractivity contribution in [3.63, 3.8) is 0 Å². The Bertz CT molecular complexity index is 2070. The molecule has 0 spiro atoms. The summed E-state index contributed by atoms with van der Waals surface area (Å²) < 4.78 is 19.6. The van der Waals surface area contributed by atoms with Crippen LogP contribution in [0.3, 0.4) is 0 Å². The summed E-state index contributed by atoms with van der Waals surface area (Å²) in [6.45, 7) is 3.91. The van der Waals surface area contributed by atoms with E-state index in [4.69, 9.17) is 18.9 Å². The maximum absolute atomic E-state index is 13.6. The lowest BCUT2D eigenvalue weighted by Crippen LogP contribution is -2.21. The van der Waals surface area contributed by atoms with Crippen molar-refractivity contribution in [3.05, 3.63) is 117 Å². The molecule has 44 heavy (non-hydrogen) atoms. The highest BCUT2D eigenvalue weighted by Crippen LogP contribution is 2.37. The molecule has 1 amide bonds. The smallest absolute Gasteiger partial charge is 0.282 e. The number of amides is 1. The molecule has 0 saturated heterocycles. The Morgan fingerprint density at radius 3 is 2.61 bits per heavy atom. The molecular formula is C34H27BrN4O5. The molecule has 0 aliphatic carbocycles. The molecule has 0 aliphatic heterocycles. The number of para-hydroxylation sites is 3. The number of halogens is 1. The maximum Gasteiger partial charge on any atom is 0.282 e. The van der Waals surface area contributed by atoms with Crippen LogP contribution in [0, 0.1) is 6.92 Å². The maximum atomic E-state index is 13.6. The number of carbonyl (C=O) groups excluding carboxylic acids is 1. The third-order valence-corrected chi connectivity index (χ3v) is 7.41. The van der Waals surface area contributed by atoms with Gasteiger partial charge in [0.15, 0.2) is 23.9 Å². The molecule has 0 bridgehead atoms. The van der Waals surface area contributed by atoms with Gasteiger partial charge in [0.25, 0.3) is 11.5 Å². The molecule has 0 unspecified atom stereocenters. The lowest BCUT2D eigenvalue weighted by atomic mass is 10.2. The summed E-state index contributed by atoms with van der Waals surface area (Å²) in [5, 5.41) is 8.72. The van der Waals surface area contributed by atoms with Gasteiger partial charge in [-0.2, -0.15) is 9.78 Å². The molecule has 6 rings (SSSR count). The summed E-state index contributed by atoms with van der Waals surface area (Å²) in [7, 11) is 0. The van der Waals surface area contributed by atoms with Crippen molar-refractivity contribution >= 4 is 55.6 Å². The average molecular weight is 652 g/mol. The van der Waals surface area contributed by atoms with Gasteiger partial charge in [0.1, 0.15) is 5.58 Å². The molecule has 0 fully saturated rings. The van der Waals surface area contributed by atoms with Gasteiger partial charge < -0.3 is 19.2 Å². The first-order chi connectivity index (χ1) is 21.4. The molecule has 9 nitrogen and oxygen atoms in total. The van der Waals surface area contributed by atoms with E-state index in [9.17, 15) is 9.59 Å². The minimum Gasteiger partial charge on any atom is -0.490 e. The average Bonchev–Trinajstić information content (AvgIpc) is 3.46. The molecule has 10 heteroatoms. The van der Waals surface area contributed by atoms with E-state index in [1.807, 2.05) is 74.5 Å². The number of carbonyl (C=O) groups is 1. The third kappa shape index (κ3) is 5.97. The number of hydrogen-bond acceptors (Lipinski definition) is 7. The van der Waals surface area contributed by atoms with Gasteiger partial charge in [-0.15, -0.1) is 0 Å². The number of ether oxygens (including phenoxy) is 2. The van der Waals surface area contributed by atoms with Gasteiger partial charge in [-0.1, -0.05) is 48.5 Å². The molecule has 1 N–H and O–H groups in total. The Morgan fingerprint density at radius 1 is 1.02 bits per heavy atom. The first-order valence-electron chi connectivity index (χ1n) is 13.9. The molecule has 4 aromatic carbocycles. The van der Waals surface area contributed by atoms with Gasteiger partial charge in [-0.05, 0) is 83.4 Å². The number of rotatable bonds is 9. The summed E-state index contributed by atoms with van der Waals surface area (Å²) in [5.74, 6) is 1.16. The van der Waals surface area contributed by atoms with Gasteiger partial charge >= 0.3 is 0 Å². The summed E-state index contributed by atoms with van der Waals surface area (Å²) in [6, 6.07) is 27.5. The molecule has 220 valence electrons. The van der Waals surface area contributed by atoms with Gasteiger partial charge in [0.05, 0.1) is 28.2 Å². The molecule has 2 aromatic heterocycles. The second kappa shape index (κ2) is 12.6. The van der Waals surface area contributed by atoms with Gasteiger partial charge in [0, 0.05) is 11.1 Å². The van der Waals surface area contributed by atoms with Crippen LogP contribution in [-0.2, 0) is 4.79 Å². The Balaban J connectivity index is 1.33.